The van der Waals surface area contributed by atoms with Crippen LogP contribution in [0.3, 0.4) is 0 Å². The monoisotopic (exact) mass is 353 g/mol. The van der Waals surface area contributed by atoms with Gasteiger partial charge in [0.25, 0.3) is 5.91 Å². The maximum absolute atomic E-state index is 12.7. The fourth-order valence-corrected chi connectivity index (χ4v) is 3.85. The summed E-state index contributed by atoms with van der Waals surface area (Å²) in [5, 5.41) is 3.16. The lowest BCUT2D eigenvalue weighted by Gasteiger charge is -2.32. The first-order valence-electron chi connectivity index (χ1n) is 9.63. The summed E-state index contributed by atoms with van der Waals surface area (Å²) in [6.45, 7) is 11.6. The van der Waals surface area contributed by atoms with E-state index in [1.807, 2.05) is 32.0 Å². The molecule has 138 valence electrons. The Morgan fingerprint density at radius 1 is 0.962 bits per heavy atom. The van der Waals surface area contributed by atoms with Crippen LogP contribution in [0.15, 0.2) is 48.5 Å². The van der Waals surface area contributed by atoms with E-state index in [2.05, 4.69) is 42.6 Å². The van der Waals surface area contributed by atoms with E-state index in [1.165, 1.54) is 10.5 Å². The van der Waals surface area contributed by atoms with Crippen molar-refractivity contribution in [2.75, 3.05) is 31.5 Å². The Bertz CT molecular complexity index is 716. The molecule has 0 radical (unpaired) electrons. The summed E-state index contributed by atoms with van der Waals surface area (Å²) in [7, 11) is 0. The van der Waals surface area contributed by atoms with Gasteiger partial charge in [-0.25, -0.2) is 0 Å². The summed E-state index contributed by atoms with van der Waals surface area (Å²) < 4.78 is 0. The number of quaternary nitrogens is 2. The van der Waals surface area contributed by atoms with Crippen molar-refractivity contribution in [3.63, 3.8) is 0 Å². The minimum absolute atomic E-state index is 0.0210. The molecule has 0 saturated carbocycles. The number of hydrogen-bond acceptors (Lipinski definition) is 1. The highest BCUT2D eigenvalue weighted by Crippen LogP contribution is 2.19. The number of amides is 1. The SMILES string of the molecule is Cc1cccc(C)c1NC(=O)[C@@H](C)[NH+]1CC[NH+](Cc2ccccc2)CC1. The molecule has 3 rings (SSSR count). The minimum atomic E-state index is -0.0210. The molecule has 2 aromatic rings. The Kier molecular flexibility index (Phi) is 6.07. The highest BCUT2D eigenvalue weighted by Gasteiger charge is 2.31. The number of carbonyl (C=O) groups is 1. The van der Waals surface area contributed by atoms with Crippen LogP contribution < -0.4 is 15.1 Å². The van der Waals surface area contributed by atoms with Gasteiger partial charge < -0.3 is 15.1 Å². The van der Waals surface area contributed by atoms with E-state index >= 15 is 0 Å². The molecular weight excluding hydrogens is 322 g/mol. The van der Waals surface area contributed by atoms with Crippen molar-refractivity contribution < 1.29 is 14.6 Å². The standard InChI is InChI=1S/C22H29N3O/c1-17-8-7-9-18(2)21(17)23-22(26)19(3)25-14-12-24(13-15-25)16-20-10-5-4-6-11-20/h4-11,19H,12-16H2,1-3H3,(H,23,26)/p+2/t19-/m1/s1. The molecule has 1 aliphatic rings. The number of anilines is 1. The third-order valence-electron chi connectivity index (χ3n) is 5.63. The van der Waals surface area contributed by atoms with Crippen molar-refractivity contribution >= 4 is 11.6 Å². The molecule has 26 heavy (non-hydrogen) atoms. The molecule has 1 atom stereocenters. The van der Waals surface area contributed by atoms with E-state index in [9.17, 15) is 4.79 Å². The second kappa shape index (κ2) is 8.47. The largest absolute Gasteiger partial charge is 0.322 e. The number of aryl methyl sites for hydroxylation is 2. The second-order valence-electron chi connectivity index (χ2n) is 7.55. The van der Waals surface area contributed by atoms with E-state index in [-0.39, 0.29) is 11.9 Å². The van der Waals surface area contributed by atoms with E-state index in [0.717, 1.165) is 49.5 Å². The Balaban J connectivity index is 1.53. The first-order chi connectivity index (χ1) is 12.5. The Labute approximate surface area is 156 Å². The van der Waals surface area contributed by atoms with Gasteiger partial charge in [0, 0.05) is 11.3 Å². The number of piperazine rings is 1. The van der Waals surface area contributed by atoms with Crippen molar-refractivity contribution in [1.29, 1.82) is 0 Å². The topological polar surface area (TPSA) is 38.0 Å². The van der Waals surface area contributed by atoms with E-state index < -0.39 is 0 Å². The smallest absolute Gasteiger partial charge is 0.282 e. The summed E-state index contributed by atoms with van der Waals surface area (Å²) in [4.78, 5) is 15.8. The van der Waals surface area contributed by atoms with Crippen LogP contribution in [0, 0.1) is 13.8 Å². The van der Waals surface area contributed by atoms with Crippen LogP contribution in [0.1, 0.15) is 23.6 Å². The zero-order valence-corrected chi connectivity index (χ0v) is 16.1. The maximum atomic E-state index is 12.7. The van der Waals surface area contributed by atoms with Gasteiger partial charge in [-0.15, -0.1) is 0 Å². The molecular formula is C22H31N3O+2. The molecule has 2 aromatic carbocycles. The molecule has 4 nitrogen and oxygen atoms in total. The average Bonchev–Trinajstić information content (AvgIpc) is 2.65. The fraction of sp³-hybridized carbons (Fsp3) is 0.409. The zero-order valence-electron chi connectivity index (χ0n) is 16.1. The molecule has 0 aliphatic carbocycles. The molecule has 0 aromatic heterocycles. The van der Waals surface area contributed by atoms with Gasteiger partial charge in [-0.1, -0.05) is 48.5 Å². The quantitative estimate of drug-likeness (QED) is 0.724. The summed E-state index contributed by atoms with van der Waals surface area (Å²) in [5.74, 6) is 0.129. The van der Waals surface area contributed by atoms with Crippen molar-refractivity contribution in [2.45, 2.75) is 33.4 Å². The molecule has 0 unspecified atom stereocenters. The van der Waals surface area contributed by atoms with Gasteiger partial charge >= 0.3 is 0 Å². The number of carbonyl (C=O) groups excluding carboxylic acids is 1. The highest BCUT2D eigenvalue weighted by molar-refractivity contribution is 5.95. The van der Waals surface area contributed by atoms with Gasteiger partial charge in [0.15, 0.2) is 6.04 Å². The number of para-hydroxylation sites is 1. The van der Waals surface area contributed by atoms with Gasteiger partial charge in [0.1, 0.15) is 32.7 Å². The highest BCUT2D eigenvalue weighted by atomic mass is 16.2. The molecule has 1 amide bonds. The summed E-state index contributed by atoms with van der Waals surface area (Å²) >= 11 is 0. The molecule has 1 fully saturated rings. The lowest BCUT2D eigenvalue weighted by atomic mass is 10.1. The molecule has 1 aliphatic heterocycles. The van der Waals surface area contributed by atoms with Gasteiger partial charge in [-0.05, 0) is 31.9 Å². The van der Waals surface area contributed by atoms with Gasteiger partial charge in [0.05, 0.1) is 0 Å². The van der Waals surface area contributed by atoms with Crippen LogP contribution in [0.5, 0.6) is 0 Å². The van der Waals surface area contributed by atoms with Crippen molar-refractivity contribution in [1.82, 2.24) is 0 Å². The van der Waals surface area contributed by atoms with Crippen molar-refractivity contribution in [2.24, 2.45) is 0 Å². The summed E-state index contributed by atoms with van der Waals surface area (Å²) in [6.07, 6.45) is 0. The van der Waals surface area contributed by atoms with Gasteiger partial charge in [-0.2, -0.15) is 0 Å². The Morgan fingerprint density at radius 2 is 1.58 bits per heavy atom. The predicted molar refractivity (Wildman–Crippen MR) is 106 cm³/mol. The first-order valence-corrected chi connectivity index (χ1v) is 9.63. The zero-order chi connectivity index (χ0) is 18.5. The lowest BCUT2D eigenvalue weighted by molar-refractivity contribution is -1.02. The van der Waals surface area contributed by atoms with Crippen LogP contribution in [0.25, 0.3) is 0 Å². The van der Waals surface area contributed by atoms with Crippen LogP contribution in [0.2, 0.25) is 0 Å². The number of nitrogens with one attached hydrogen (secondary N) is 3. The molecule has 0 bridgehead atoms. The Morgan fingerprint density at radius 3 is 2.19 bits per heavy atom. The molecule has 1 heterocycles. The number of hydrogen-bond donors (Lipinski definition) is 3. The normalized spacial score (nSPS) is 21.2. The minimum Gasteiger partial charge on any atom is -0.322 e. The molecule has 1 saturated heterocycles. The lowest BCUT2D eigenvalue weighted by Crippen LogP contribution is -3.29. The number of benzene rings is 2. The van der Waals surface area contributed by atoms with Crippen LogP contribution in [0.4, 0.5) is 5.69 Å². The van der Waals surface area contributed by atoms with Crippen LogP contribution >= 0.6 is 0 Å². The predicted octanol–water partition coefficient (Wildman–Crippen LogP) is 0.614. The average molecular weight is 354 g/mol. The maximum Gasteiger partial charge on any atom is 0.282 e. The summed E-state index contributed by atoms with van der Waals surface area (Å²) in [6, 6.07) is 16.8. The van der Waals surface area contributed by atoms with Gasteiger partial charge in [0.2, 0.25) is 0 Å². The first kappa shape index (κ1) is 18.6. The molecule has 4 heteroatoms. The van der Waals surface area contributed by atoms with Gasteiger partial charge in [-0.3, -0.25) is 4.79 Å². The number of rotatable bonds is 5. The fourth-order valence-electron chi connectivity index (χ4n) is 3.85. The molecule has 3 N–H and O–H groups in total. The second-order valence-corrected chi connectivity index (χ2v) is 7.55. The van der Waals surface area contributed by atoms with E-state index in [0.29, 0.717) is 0 Å². The summed E-state index contributed by atoms with van der Waals surface area (Å²) in [5.41, 5.74) is 4.61. The van der Waals surface area contributed by atoms with Crippen molar-refractivity contribution in [3.8, 4) is 0 Å². The van der Waals surface area contributed by atoms with Crippen LogP contribution in [-0.2, 0) is 11.3 Å². The van der Waals surface area contributed by atoms with E-state index in [1.54, 1.807) is 4.90 Å². The van der Waals surface area contributed by atoms with Crippen molar-refractivity contribution in [3.05, 3.63) is 65.2 Å². The third kappa shape index (κ3) is 4.51. The van der Waals surface area contributed by atoms with Crippen LogP contribution in [-0.4, -0.2) is 38.1 Å². The van der Waals surface area contributed by atoms with E-state index in [4.69, 9.17) is 0 Å². The Hall–Kier alpha value is -2.17. The third-order valence-corrected chi connectivity index (χ3v) is 5.63. The molecule has 0 spiro atoms.